The highest BCUT2D eigenvalue weighted by atomic mass is 79.9. The van der Waals surface area contributed by atoms with Crippen LogP contribution in [0.4, 0.5) is 0 Å². The van der Waals surface area contributed by atoms with Crippen molar-refractivity contribution in [2.24, 2.45) is 5.10 Å². The van der Waals surface area contributed by atoms with Gasteiger partial charge in [-0.25, -0.2) is 9.78 Å². The van der Waals surface area contributed by atoms with E-state index in [1.807, 2.05) is 12.1 Å². The average molecular weight is 685 g/mol. The smallest absolute Gasteiger partial charge is 0.346 e. The zero-order valence-corrected chi connectivity index (χ0v) is 25.5. The molecule has 10 nitrogen and oxygen atoms in total. The number of nitrogens with zero attached hydrogens (tertiary/aromatic N) is 3. The quantitative estimate of drug-likeness (QED) is 0.141. The molecule has 0 N–H and O–H groups in total. The van der Waals surface area contributed by atoms with Crippen molar-refractivity contribution in [2.45, 2.75) is 13.0 Å². The van der Waals surface area contributed by atoms with Crippen LogP contribution in [0.25, 0.3) is 33.5 Å². The molecule has 0 unspecified atom stereocenters. The van der Waals surface area contributed by atoms with Gasteiger partial charge in [0, 0.05) is 10.0 Å². The molecule has 210 valence electrons. The summed E-state index contributed by atoms with van der Waals surface area (Å²) in [5, 5.41) is 5.65. The molecule has 0 aliphatic rings. The maximum absolute atomic E-state index is 13.7. The Morgan fingerprint density at radius 1 is 1.00 bits per heavy atom. The summed E-state index contributed by atoms with van der Waals surface area (Å²) < 4.78 is 29.8. The molecule has 0 radical (unpaired) electrons. The van der Waals surface area contributed by atoms with Crippen molar-refractivity contribution in [2.75, 3.05) is 21.3 Å². The Balaban J connectivity index is 1.65. The second-order valence-electron chi connectivity index (χ2n) is 8.71. The number of esters is 1. The molecule has 2 aromatic heterocycles. The van der Waals surface area contributed by atoms with Gasteiger partial charge in [0.2, 0.25) is 5.82 Å². The van der Waals surface area contributed by atoms with Crippen molar-refractivity contribution >= 4 is 65.9 Å². The number of rotatable bonds is 8. The molecule has 0 bridgehead atoms. The number of para-hydroxylation sites is 1. The SMILES string of the molecule is COC(=O)[C@H](C)Oc1c(OC)cc(C=Nn2c(-c3cc4c(OC)cccc4o3)nc3ccccc3c2=O)c(Br)c1Br. The number of hydrogen-bond donors (Lipinski definition) is 0. The molecule has 0 aliphatic carbocycles. The number of methoxy groups -OCH3 is 3. The minimum absolute atomic E-state index is 0.206. The Morgan fingerprint density at radius 3 is 2.49 bits per heavy atom. The van der Waals surface area contributed by atoms with E-state index in [2.05, 4.69) is 37.0 Å². The van der Waals surface area contributed by atoms with Crippen molar-refractivity contribution in [1.29, 1.82) is 0 Å². The van der Waals surface area contributed by atoms with Gasteiger partial charge in [-0.15, -0.1) is 0 Å². The number of fused-ring (bicyclic) bond motifs is 2. The number of halogens is 2. The molecule has 2 heterocycles. The molecular formula is C29H23Br2N3O7. The van der Waals surface area contributed by atoms with E-state index >= 15 is 0 Å². The Bertz CT molecular complexity index is 1880. The predicted octanol–water partition coefficient (Wildman–Crippen LogP) is 6.17. The van der Waals surface area contributed by atoms with Crippen LogP contribution in [0.5, 0.6) is 17.2 Å². The van der Waals surface area contributed by atoms with E-state index in [4.69, 9.17) is 28.3 Å². The number of carbonyl (C=O) groups excluding carboxylic acids is 1. The number of hydrogen-bond acceptors (Lipinski definition) is 9. The van der Waals surface area contributed by atoms with Gasteiger partial charge in [-0.1, -0.05) is 18.2 Å². The fourth-order valence-electron chi connectivity index (χ4n) is 4.18. The first-order valence-electron chi connectivity index (χ1n) is 12.2. The molecule has 5 aromatic rings. The Labute approximate surface area is 250 Å². The lowest BCUT2D eigenvalue weighted by atomic mass is 10.2. The normalized spacial score (nSPS) is 12.1. The van der Waals surface area contributed by atoms with Crippen LogP contribution in [0.3, 0.4) is 0 Å². The first-order valence-corrected chi connectivity index (χ1v) is 13.8. The average Bonchev–Trinajstić information content (AvgIpc) is 3.43. The van der Waals surface area contributed by atoms with Crippen molar-refractivity contribution < 1.29 is 28.2 Å². The predicted molar refractivity (Wildman–Crippen MR) is 161 cm³/mol. The molecule has 0 aliphatic heterocycles. The zero-order valence-electron chi connectivity index (χ0n) is 22.3. The number of benzene rings is 3. The molecule has 3 aromatic carbocycles. The zero-order chi connectivity index (χ0) is 29.3. The second-order valence-corrected chi connectivity index (χ2v) is 10.3. The fourth-order valence-corrected chi connectivity index (χ4v) is 5.10. The van der Waals surface area contributed by atoms with Crippen molar-refractivity contribution in [1.82, 2.24) is 9.66 Å². The number of ether oxygens (including phenoxy) is 4. The lowest BCUT2D eigenvalue weighted by molar-refractivity contribution is -0.147. The minimum atomic E-state index is -0.885. The highest BCUT2D eigenvalue weighted by Gasteiger charge is 2.23. The Kier molecular flexibility index (Phi) is 8.13. The van der Waals surface area contributed by atoms with E-state index in [9.17, 15) is 9.59 Å². The molecule has 41 heavy (non-hydrogen) atoms. The monoisotopic (exact) mass is 683 g/mol. The van der Waals surface area contributed by atoms with E-state index in [-0.39, 0.29) is 17.1 Å². The third kappa shape index (κ3) is 5.32. The molecular weight excluding hydrogens is 662 g/mol. The van der Waals surface area contributed by atoms with Gasteiger partial charge in [-0.05, 0) is 75.2 Å². The summed E-state index contributed by atoms with van der Waals surface area (Å²) >= 11 is 7.05. The third-order valence-electron chi connectivity index (χ3n) is 6.23. The van der Waals surface area contributed by atoms with Crippen LogP contribution in [0.1, 0.15) is 12.5 Å². The van der Waals surface area contributed by atoms with Crippen LogP contribution in [0.2, 0.25) is 0 Å². The van der Waals surface area contributed by atoms with Gasteiger partial charge in [0.25, 0.3) is 5.56 Å². The van der Waals surface area contributed by atoms with Crippen LogP contribution in [0, 0.1) is 0 Å². The van der Waals surface area contributed by atoms with Gasteiger partial charge in [-0.2, -0.15) is 9.78 Å². The lowest BCUT2D eigenvalue weighted by Gasteiger charge is -2.18. The Hall–Kier alpha value is -4.16. The summed E-state index contributed by atoms with van der Waals surface area (Å²) in [5.74, 6) is 1.24. The van der Waals surface area contributed by atoms with E-state index in [0.29, 0.717) is 48.3 Å². The molecule has 5 rings (SSSR count). The first kappa shape index (κ1) is 28.4. The van der Waals surface area contributed by atoms with Gasteiger partial charge < -0.3 is 23.4 Å². The fraction of sp³-hybridized carbons (Fsp3) is 0.172. The summed E-state index contributed by atoms with van der Waals surface area (Å²) in [6.45, 7) is 1.56. The van der Waals surface area contributed by atoms with Crippen LogP contribution in [-0.2, 0) is 9.53 Å². The van der Waals surface area contributed by atoms with Gasteiger partial charge >= 0.3 is 5.97 Å². The van der Waals surface area contributed by atoms with E-state index in [0.717, 1.165) is 5.39 Å². The van der Waals surface area contributed by atoms with Crippen molar-refractivity contribution in [3.63, 3.8) is 0 Å². The topological polar surface area (TPSA) is 114 Å². The lowest BCUT2D eigenvalue weighted by Crippen LogP contribution is -2.25. The maximum atomic E-state index is 13.7. The molecule has 0 saturated carbocycles. The summed E-state index contributed by atoms with van der Waals surface area (Å²) in [6, 6.07) is 15.9. The van der Waals surface area contributed by atoms with Gasteiger partial charge in [0.1, 0.15) is 11.3 Å². The van der Waals surface area contributed by atoms with Gasteiger partial charge in [-0.3, -0.25) is 4.79 Å². The van der Waals surface area contributed by atoms with Crippen LogP contribution >= 0.6 is 31.9 Å². The number of aromatic nitrogens is 2. The third-order valence-corrected chi connectivity index (χ3v) is 8.37. The standard InChI is InChI=1S/C29H23Br2N3O7/c1-15(29(36)39-4)40-26-22(38-3)12-16(24(30)25(26)31)14-32-34-27(33-19-9-6-5-8-17(19)28(34)35)23-13-18-20(37-2)10-7-11-21(18)41-23/h5-15H,1-4H3/t15-/m0/s1. The second kappa shape index (κ2) is 11.8. The molecule has 0 spiro atoms. The van der Waals surface area contributed by atoms with Crippen LogP contribution < -0.4 is 19.8 Å². The van der Waals surface area contributed by atoms with Crippen molar-refractivity contribution in [3.05, 3.63) is 79.5 Å². The molecule has 12 heteroatoms. The molecule has 0 fully saturated rings. The van der Waals surface area contributed by atoms with E-state index < -0.39 is 12.1 Å². The van der Waals surface area contributed by atoms with Gasteiger partial charge in [0.15, 0.2) is 23.4 Å². The number of furan rings is 1. The van der Waals surface area contributed by atoms with Crippen LogP contribution in [0.15, 0.2) is 77.9 Å². The highest BCUT2D eigenvalue weighted by molar-refractivity contribution is 9.13. The minimum Gasteiger partial charge on any atom is -0.496 e. The molecule has 1 atom stereocenters. The van der Waals surface area contributed by atoms with E-state index in [1.54, 1.807) is 56.5 Å². The van der Waals surface area contributed by atoms with Crippen molar-refractivity contribution in [3.8, 4) is 28.8 Å². The van der Waals surface area contributed by atoms with Gasteiger partial charge in [0.05, 0.1) is 48.3 Å². The Morgan fingerprint density at radius 2 is 1.76 bits per heavy atom. The number of carbonyl (C=O) groups is 1. The summed E-state index contributed by atoms with van der Waals surface area (Å²) in [7, 11) is 4.33. The summed E-state index contributed by atoms with van der Waals surface area (Å²) in [6.07, 6.45) is 0.596. The summed E-state index contributed by atoms with van der Waals surface area (Å²) in [5.41, 5.74) is 1.23. The largest absolute Gasteiger partial charge is 0.496 e. The highest BCUT2D eigenvalue weighted by Crippen LogP contribution is 2.43. The first-order chi connectivity index (χ1) is 19.8. The van der Waals surface area contributed by atoms with Crippen LogP contribution in [-0.4, -0.2) is 49.3 Å². The summed E-state index contributed by atoms with van der Waals surface area (Å²) in [4.78, 5) is 30.3. The van der Waals surface area contributed by atoms with E-state index in [1.165, 1.54) is 25.1 Å². The molecule has 0 saturated heterocycles. The molecule has 0 amide bonds. The maximum Gasteiger partial charge on any atom is 0.346 e.